The molecule has 0 aliphatic carbocycles. The minimum atomic E-state index is -4.39. The predicted octanol–water partition coefficient (Wildman–Crippen LogP) is 4.30. The number of aliphatic imine (C=N–C) groups is 1. The molecule has 0 spiro atoms. The number of guanidine groups is 1. The minimum Gasteiger partial charge on any atom is -0.496 e. The first kappa shape index (κ1) is 24.5. The quantitative estimate of drug-likeness (QED) is 0.320. The third kappa shape index (κ3) is 7.12. The molecule has 0 bridgehead atoms. The zero-order valence-corrected chi connectivity index (χ0v) is 19.0. The number of nitrogens with one attached hydrogen (secondary N) is 2. The molecule has 28 heavy (non-hydrogen) atoms. The average molecular weight is 528 g/mol. The zero-order chi connectivity index (χ0) is 19.9. The number of halogens is 4. The molecule has 1 aromatic heterocycles. The normalized spacial score (nSPS) is 12.9. The number of alkyl halides is 3. The van der Waals surface area contributed by atoms with Gasteiger partial charge in [0.25, 0.3) is 0 Å². The SMILES string of the molecule is CN=C(NCCc1nc(C(F)(F)F)cs1)NCC(C)c1ccccc1OC.I. The number of rotatable bonds is 7. The van der Waals surface area contributed by atoms with Crippen molar-refractivity contribution >= 4 is 41.3 Å². The summed E-state index contributed by atoms with van der Waals surface area (Å²) < 4.78 is 43.1. The number of hydrogen-bond donors (Lipinski definition) is 2. The molecule has 2 N–H and O–H groups in total. The number of hydrogen-bond acceptors (Lipinski definition) is 4. The molecule has 5 nitrogen and oxygen atoms in total. The number of nitrogens with zero attached hydrogens (tertiary/aromatic N) is 2. The van der Waals surface area contributed by atoms with Crippen molar-refractivity contribution in [1.29, 1.82) is 0 Å². The third-order valence-electron chi connectivity index (χ3n) is 3.94. The summed E-state index contributed by atoms with van der Waals surface area (Å²) in [6.07, 6.45) is -4.00. The summed E-state index contributed by atoms with van der Waals surface area (Å²) >= 11 is 1.01. The van der Waals surface area contributed by atoms with Crippen LogP contribution in [0.5, 0.6) is 5.75 Å². The predicted molar refractivity (Wildman–Crippen MR) is 117 cm³/mol. The van der Waals surface area contributed by atoms with E-state index in [2.05, 4.69) is 27.5 Å². The fraction of sp³-hybridized carbons (Fsp3) is 0.444. The number of para-hydroxylation sites is 1. The molecule has 1 heterocycles. The van der Waals surface area contributed by atoms with Crippen LogP contribution in [-0.4, -0.2) is 38.2 Å². The first-order chi connectivity index (χ1) is 12.8. The second-order valence-electron chi connectivity index (χ2n) is 5.90. The Labute approximate surface area is 183 Å². The molecule has 10 heteroatoms. The van der Waals surface area contributed by atoms with Crippen LogP contribution in [0.15, 0.2) is 34.6 Å². The molecule has 1 aromatic carbocycles. The van der Waals surface area contributed by atoms with Crippen molar-refractivity contribution < 1.29 is 17.9 Å². The Bertz CT molecular complexity index is 767. The maximum atomic E-state index is 12.6. The van der Waals surface area contributed by atoms with Crippen LogP contribution in [0.4, 0.5) is 13.2 Å². The lowest BCUT2D eigenvalue weighted by atomic mass is 10.0. The summed E-state index contributed by atoms with van der Waals surface area (Å²) in [5.41, 5.74) is 0.251. The topological polar surface area (TPSA) is 58.5 Å². The molecule has 0 aliphatic rings. The summed E-state index contributed by atoms with van der Waals surface area (Å²) in [7, 11) is 3.29. The standard InChI is InChI=1S/C18H23F3N4OS.HI/c1-12(13-6-4-5-7-14(13)26-3)10-24-17(22-2)23-9-8-16-25-15(11-27-16)18(19,20)21;/h4-7,11-12H,8-10H2,1-3H3,(H2,22,23,24);1H. The smallest absolute Gasteiger partial charge is 0.434 e. The van der Waals surface area contributed by atoms with E-state index in [0.717, 1.165) is 28.0 Å². The van der Waals surface area contributed by atoms with Gasteiger partial charge in [-0.1, -0.05) is 25.1 Å². The molecule has 0 fully saturated rings. The van der Waals surface area contributed by atoms with Crippen LogP contribution >= 0.6 is 35.3 Å². The van der Waals surface area contributed by atoms with Crippen molar-refractivity contribution in [2.75, 3.05) is 27.2 Å². The molecule has 0 saturated carbocycles. The maximum Gasteiger partial charge on any atom is 0.434 e. The third-order valence-corrected chi connectivity index (χ3v) is 4.85. The van der Waals surface area contributed by atoms with Crippen molar-refractivity contribution in [2.24, 2.45) is 4.99 Å². The molecule has 0 saturated heterocycles. The van der Waals surface area contributed by atoms with E-state index < -0.39 is 11.9 Å². The fourth-order valence-corrected chi connectivity index (χ4v) is 3.30. The van der Waals surface area contributed by atoms with Crippen LogP contribution in [0, 0.1) is 0 Å². The van der Waals surface area contributed by atoms with Crippen LogP contribution in [0.25, 0.3) is 0 Å². The van der Waals surface area contributed by atoms with Gasteiger partial charge in [0.2, 0.25) is 0 Å². The van der Waals surface area contributed by atoms with Gasteiger partial charge in [-0.2, -0.15) is 13.2 Å². The summed E-state index contributed by atoms with van der Waals surface area (Å²) in [5.74, 6) is 1.61. The summed E-state index contributed by atoms with van der Waals surface area (Å²) in [6.45, 7) is 3.15. The van der Waals surface area contributed by atoms with Crippen molar-refractivity contribution in [1.82, 2.24) is 15.6 Å². The zero-order valence-electron chi connectivity index (χ0n) is 15.8. The second kappa shape index (κ2) is 11.4. The van der Waals surface area contributed by atoms with Gasteiger partial charge in [-0.3, -0.25) is 4.99 Å². The van der Waals surface area contributed by atoms with E-state index in [0.29, 0.717) is 30.5 Å². The van der Waals surface area contributed by atoms with E-state index in [9.17, 15) is 13.2 Å². The summed E-state index contributed by atoms with van der Waals surface area (Å²) in [4.78, 5) is 7.75. The average Bonchev–Trinajstić information content (AvgIpc) is 3.13. The second-order valence-corrected chi connectivity index (χ2v) is 6.84. The first-order valence-corrected chi connectivity index (χ1v) is 9.32. The monoisotopic (exact) mass is 528 g/mol. The summed E-state index contributed by atoms with van der Waals surface area (Å²) in [5, 5.41) is 7.79. The Morgan fingerprint density at radius 1 is 1.29 bits per heavy atom. The van der Waals surface area contributed by atoms with E-state index in [1.54, 1.807) is 14.2 Å². The Morgan fingerprint density at radius 2 is 2.00 bits per heavy atom. The lowest BCUT2D eigenvalue weighted by Gasteiger charge is -2.18. The molecular weight excluding hydrogens is 504 g/mol. The highest BCUT2D eigenvalue weighted by Crippen LogP contribution is 2.30. The lowest BCUT2D eigenvalue weighted by molar-refractivity contribution is -0.140. The van der Waals surface area contributed by atoms with Crippen LogP contribution in [0.3, 0.4) is 0 Å². The van der Waals surface area contributed by atoms with Crippen LogP contribution in [-0.2, 0) is 12.6 Å². The number of aromatic nitrogens is 1. The highest BCUT2D eigenvalue weighted by molar-refractivity contribution is 14.0. The van der Waals surface area contributed by atoms with E-state index in [4.69, 9.17) is 4.74 Å². The van der Waals surface area contributed by atoms with Gasteiger partial charge >= 0.3 is 6.18 Å². The number of methoxy groups -OCH3 is 1. The molecule has 156 valence electrons. The maximum absolute atomic E-state index is 12.6. The van der Waals surface area contributed by atoms with E-state index in [1.807, 2.05) is 24.3 Å². The Hall–Kier alpha value is -1.56. The Morgan fingerprint density at radius 3 is 2.61 bits per heavy atom. The highest BCUT2D eigenvalue weighted by atomic mass is 127. The van der Waals surface area contributed by atoms with Crippen LogP contribution in [0.2, 0.25) is 0 Å². The molecule has 0 radical (unpaired) electrons. The van der Waals surface area contributed by atoms with Crippen molar-refractivity contribution in [2.45, 2.75) is 25.4 Å². The lowest BCUT2D eigenvalue weighted by Crippen LogP contribution is -2.40. The van der Waals surface area contributed by atoms with Gasteiger partial charge in [0, 0.05) is 37.9 Å². The molecular formula is C18H24F3IN4OS. The Balaban J connectivity index is 0.00000392. The van der Waals surface area contributed by atoms with Crippen molar-refractivity contribution in [3.63, 3.8) is 0 Å². The molecule has 2 aromatic rings. The number of thiazole rings is 1. The van der Waals surface area contributed by atoms with Gasteiger partial charge in [-0.15, -0.1) is 35.3 Å². The van der Waals surface area contributed by atoms with Gasteiger partial charge in [0.1, 0.15) is 5.75 Å². The number of ether oxygens (including phenoxy) is 1. The van der Waals surface area contributed by atoms with Gasteiger partial charge in [-0.05, 0) is 11.6 Å². The molecule has 0 aliphatic heterocycles. The Kier molecular flexibility index (Phi) is 10.0. The number of benzene rings is 1. The highest BCUT2D eigenvalue weighted by Gasteiger charge is 2.33. The molecule has 1 atom stereocenters. The van der Waals surface area contributed by atoms with E-state index in [-0.39, 0.29) is 29.9 Å². The van der Waals surface area contributed by atoms with E-state index in [1.165, 1.54) is 0 Å². The fourth-order valence-electron chi connectivity index (χ4n) is 2.50. The largest absolute Gasteiger partial charge is 0.496 e. The van der Waals surface area contributed by atoms with Gasteiger partial charge in [0.05, 0.1) is 12.1 Å². The van der Waals surface area contributed by atoms with Crippen LogP contribution < -0.4 is 15.4 Å². The molecule has 1 unspecified atom stereocenters. The van der Waals surface area contributed by atoms with E-state index >= 15 is 0 Å². The molecule has 0 amide bonds. The summed E-state index contributed by atoms with van der Waals surface area (Å²) in [6, 6.07) is 7.82. The van der Waals surface area contributed by atoms with Gasteiger partial charge in [-0.25, -0.2) is 4.98 Å². The van der Waals surface area contributed by atoms with Crippen molar-refractivity contribution in [3.8, 4) is 5.75 Å². The minimum absolute atomic E-state index is 0. The van der Waals surface area contributed by atoms with Gasteiger partial charge < -0.3 is 15.4 Å². The van der Waals surface area contributed by atoms with Crippen molar-refractivity contribution in [3.05, 3.63) is 45.9 Å². The first-order valence-electron chi connectivity index (χ1n) is 8.44. The molecule has 2 rings (SSSR count). The van der Waals surface area contributed by atoms with Crippen LogP contribution in [0.1, 0.15) is 29.1 Å². The van der Waals surface area contributed by atoms with Gasteiger partial charge in [0.15, 0.2) is 11.7 Å².